The number of methoxy groups -OCH3 is 1. The van der Waals surface area contributed by atoms with Crippen molar-refractivity contribution in [1.29, 1.82) is 0 Å². The van der Waals surface area contributed by atoms with E-state index in [1.807, 2.05) is 0 Å². The molecule has 0 saturated heterocycles. The van der Waals surface area contributed by atoms with E-state index >= 15 is 0 Å². The summed E-state index contributed by atoms with van der Waals surface area (Å²) >= 11 is 0. The van der Waals surface area contributed by atoms with Crippen molar-refractivity contribution in [2.24, 2.45) is 0 Å². The highest BCUT2D eigenvalue weighted by Crippen LogP contribution is 2.31. The number of aromatic hydroxyl groups is 2. The van der Waals surface area contributed by atoms with Crippen molar-refractivity contribution in [3.8, 4) is 11.5 Å². The molecule has 0 saturated carbocycles. The van der Waals surface area contributed by atoms with Gasteiger partial charge < -0.3 is 19.4 Å². The predicted octanol–water partition coefficient (Wildman–Crippen LogP) is 2.14. The fourth-order valence-corrected chi connectivity index (χ4v) is 2.31. The van der Waals surface area contributed by atoms with Gasteiger partial charge >= 0.3 is 11.6 Å². The summed E-state index contributed by atoms with van der Waals surface area (Å²) in [5, 5.41) is 20.2. The highest BCUT2D eigenvalue weighted by molar-refractivity contribution is 6.13. The second-order valence-corrected chi connectivity index (χ2v) is 4.44. The Bertz CT molecular complexity index is 938. The Labute approximate surface area is 117 Å². The number of rotatable bonds is 1. The van der Waals surface area contributed by atoms with E-state index in [4.69, 9.17) is 4.42 Å². The number of phenolic OH excluding ortho intramolecular Hbond substituents is 2. The number of hydrogen-bond donors (Lipinski definition) is 2. The Hall–Kier alpha value is -3.02. The number of benzene rings is 2. The van der Waals surface area contributed by atoms with Gasteiger partial charge in [-0.2, -0.15) is 0 Å². The summed E-state index contributed by atoms with van der Waals surface area (Å²) in [7, 11) is 1.15. The van der Waals surface area contributed by atoms with Crippen LogP contribution in [0, 0.1) is 0 Å². The van der Waals surface area contributed by atoms with Crippen LogP contribution in [0.4, 0.5) is 0 Å². The molecule has 106 valence electrons. The molecule has 0 bridgehead atoms. The van der Waals surface area contributed by atoms with E-state index in [2.05, 4.69) is 4.74 Å². The summed E-state index contributed by atoms with van der Waals surface area (Å²) in [5.74, 6) is -1.24. The quantitative estimate of drug-likeness (QED) is 0.404. The fraction of sp³-hybridized carbons (Fsp3) is 0.0667. The highest BCUT2D eigenvalue weighted by Gasteiger charge is 2.21. The SMILES string of the molecule is COC(=O)c1c(O)ccc2c1c(=O)oc1cc(O)ccc12. The zero-order valence-corrected chi connectivity index (χ0v) is 10.9. The first-order chi connectivity index (χ1) is 10.0. The molecule has 6 heteroatoms. The van der Waals surface area contributed by atoms with Gasteiger partial charge in [-0.15, -0.1) is 0 Å². The Kier molecular flexibility index (Phi) is 2.79. The van der Waals surface area contributed by atoms with Crippen molar-refractivity contribution >= 4 is 27.7 Å². The molecule has 0 aliphatic heterocycles. The first-order valence-electron chi connectivity index (χ1n) is 6.02. The normalized spacial score (nSPS) is 10.9. The molecule has 1 aromatic heterocycles. The van der Waals surface area contributed by atoms with E-state index in [0.29, 0.717) is 10.8 Å². The van der Waals surface area contributed by atoms with Crippen molar-refractivity contribution in [3.05, 3.63) is 46.3 Å². The Morgan fingerprint density at radius 3 is 2.57 bits per heavy atom. The number of phenols is 2. The first kappa shape index (κ1) is 13.0. The van der Waals surface area contributed by atoms with Crippen LogP contribution in [0.15, 0.2) is 39.5 Å². The van der Waals surface area contributed by atoms with Crippen molar-refractivity contribution in [2.45, 2.75) is 0 Å². The fourth-order valence-electron chi connectivity index (χ4n) is 2.31. The molecule has 0 amide bonds. The summed E-state index contributed by atoms with van der Waals surface area (Å²) < 4.78 is 9.70. The van der Waals surface area contributed by atoms with Crippen molar-refractivity contribution in [1.82, 2.24) is 0 Å². The van der Waals surface area contributed by atoms with E-state index < -0.39 is 11.6 Å². The number of carbonyl (C=O) groups excluding carboxylic acids is 1. The van der Waals surface area contributed by atoms with Gasteiger partial charge in [-0.1, -0.05) is 0 Å². The van der Waals surface area contributed by atoms with Crippen LogP contribution in [-0.4, -0.2) is 23.3 Å². The second kappa shape index (κ2) is 4.52. The number of hydrogen-bond acceptors (Lipinski definition) is 6. The zero-order valence-electron chi connectivity index (χ0n) is 10.9. The van der Waals surface area contributed by atoms with Gasteiger partial charge in [-0.3, -0.25) is 0 Å². The van der Waals surface area contributed by atoms with Crippen LogP contribution in [0.1, 0.15) is 10.4 Å². The third-order valence-corrected chi connectivity index (χ3v) is 3.24. The maximum Gasteiger partial charge on any atom is 0.345 e. The van der Waals surface area contributed by atoms with Crippen LogP contribution in [-0.2, 0) is 4.74 Å². The molecule has 3 rings (SSSR count). The van der Waals surface area contributed by atoms with Crippen LogP contribution in [0.25, 0.3) is 21.7 Å². The average Bonchev–Trinajstić information content (AvgIpc) is 2.46. The van der Waals surface area contributed by atoms with E-state index in [1.165, 1.54) is 24.3 Å². The minimum atomic E-state index is -0.830. The van der Waals surface area contributed by atoms with Crippen LogP contribution < -0.4 is 5.63 Å². The van der Waals surface area contributed by atoms with Crippen LogP contribution >= 0.6 is 0 Å². The third kappa shape index (κ3) is 1.88. The van der Waals surface area contributed by atoms with Gasteiger partial charge in [0, 0.05) is 16.8 Å². The largest absolute Gasteiger partial charge is 0.508 e. The van der Waals surface area contributed by atoms with Gasteiger partial charge in [-0.25, -0.2) is 9.59 Å². The van der Waals surface area contributed by atoms with Crippen LogP contribution in [0.5, 0.6) is 11.5 Å². The predicted molar refractivity (Wildman–Crippen MR) is 74.7 cm³/mol. The Morgan fingerprint density at radius 2 is 1.86 bits per heavy atom. The molecule has 6 nitrogen and oxygen atoms in total. The minimum absolute atomic E-state index is 0.0445. The number of carbonyl (C=O) groups is 1. The molecule has 0 aliphatic rings. The summed E-state index contributed by atoms with van der Waals surface area (Å²) in [6.45, 7) is 0. The first-order valence-corrected chi connectivity index (χ1v) is 6.02. The van der Waals surface area contributed by atoms with Gasteiger partial charge in [-0.05, 0) is 24.3 Å². The molecule has 0 unspecified atom stereocenters. The summed E-state index contributed by atoms with van der Waals surface area (Å²) in [6, 6.07) is 7.12. The van der Waals surface area contributed by atoms with Crippen molar-refractivity contribution in [3.63, 3.8) is 0 Å². The molecular formula is C15H10O6. The minimum Gasteiger partial charge on any atom is -0.508 e. The summed E-state index contributed by atoms with van der Waals surface area (Å²) in [5.41, 5.74) is -0.841. The van der Waals surface area contributed by atoms with Crippen molar-refractivity contribution < 1.29 is 24.2 Å². The van der Waals surface area contributed by atoms with Gasteiger partial charge in [0.05, 0.1) is 12.5 Å². The molecule has 0 radical (unpaired) electrons. The van der Waals surface area contributed by atoms with E-state index in [1.54, 1.807) is 6.07 Å². The summed E-state index contributed by atoms with van der Waals surface area (Å²) in [6.07, 6.45) is 0. The standard InChI is InChI=1S/C15H10O6/c1-20-14(18)13-10(17)5-4-9-8-3-2-7(16)6-11(8)21-15(19)12(9)13/h2-6,16-17H,1H3. The average molecular weight is 286 g/mol. The van der Waals surface area contributed by atoms with Gasteiger partial charge in [0.25, 0.3) is 0 Å². The third-order valence-electron chi connectivity index (χ3n) is 3.24. The lowest BCUT2D eigenvalue weighted by atomic mass is 10.0. The highest BCUT2D eigenvalue weighted by atomic mass is 16.5. The summed E-state index contributed by atoms with van der Waals surface area (Å²) in [4.78, 5) is 23.9. The Balaban J connectivity index is 2.56. The number of esters is 1. The van der Waals surface area contributed by atoms with E-state index in [-0.39, 0.29) is 28.0 Å². The van der Waals surface area contributed by atoms with E-state index in [0.717, 1.165) is 7.11 Å². The van der Waals surface area contributed by atoms with Crippen LogP contribution in [0.3, 0.4) is 0 Å². The van der Waals surface area contributed by atoms with Crippen molar-refractivity contribution in [2.75, 3.05) is 7.11 Å². The maximum absolute atomic E-state index is 12.1. The lowest BCUT2D eigenvalue weighted by Gasteiger charge is -2.08. The molecule has 0 aliphatic carbocycles. The topological polar surface area (TPSA) is 97.0 Å². The molecule has 2 N–H and O–H groups in total. The molecule has 0 atom stereocenters. The smallest absolute Gasteiger partial charge is 0.345 e. The van der Waals surface area contributed by atoms with Crippen LogP contribution in [0.2, 0.25) is 0 Å². The zero-order chi connectivity index (χ0) is 15.1. The van der Waals surface area contributed by atoms with Gasteiger partial charge in [0.1, 0.15) is 22.6 Å². The Morgan fingerprint density at radius 1 is 1.14 bits per heavy atom. The molecule has 1 heterocycles. The molecular weight excluding hydrogens is 276 g/mol. The van der Waals surface area contributed by atoms with E-state index in [9.17, 15) is 19.8 Å². The molecule has 21 heavy (non-hydrogen) atoms. The lowest BCUT2D eigenvalue weighted by Crippen LogP contribution is -2.09. The maximum atomic E-state index is 12.1. The molecule has 3 aromatic rings. The molecule has 0 spiro atoms. The monoisotopic (exact) mass is 286 g/mol. The number of fused-ring (bicyclic) bond motifs is 3. The molecule has 2 aromatic carbocycles. The number of ether oxygens (including phenoxy) is 1. The molecule has 0 fully saturated rings. The second-order valence-electron chi connectivity index (χ2n) is 4.44. The van der Waals surface area contributed by atoms with Gasteiger partial charge in [0.15, 0.2) is 0 Å². The van der Waals surface area contributed by atoms with Gasteiger partial charge in [0.2, 0.25) is 0 Å². The lowest BCUT2D eigenvalue weighted by molar-refractivity contribution is 0.0599.